The predicted octanol–water partition coefficient (Wildman–Crippen LogP) is 6.60. The standard InChI is InChI=1S/C24H16BrCl2N3O2/c25-15-6-3-5-13(10-15)23-20-21(17-11-16(26)8-9-19(17)31)28-29-22(20)24(32)30(23)12-14-4-1-2-7-18(14)27/h1-11,23,31H,12H2,(H,28,29). The topological polar surface area (TPSA) is 69.2 Å². The van der Waals surface area contributed by atoms with Crippen molar-refractivity contribution >= 4 is 45.0 Å². The van der Waals surface area contributed by atoms with Crippen LogP contribution in [0.5, 0.6) is 5.75 Å². The Hall–Kier alpha value is -2.80. The van der Waals surface area contributed by atoms with Gasteiger partial charge in [-0.1, -0.05) is 69.5 Å². The molecule has 0 radical (unpaired) electrons. The molecule has 3 aromatic carbocycles. The van der Waals surface area contributed by atoms with E-state index in [1.54, 1.807) is 17.0 Å². The molecule has 1 unspecified atom stereocenters. The Balaban J connectivity index is 1.69. The van der Waals surface area contributed by atoms with Gasteiger partial charge in [-0.2, -0.15) is 5.10 Å². The van der Waals surface area contributed by atoms with Gasteiger partial charge in [-0.25, -0.2) is 0 Å². The van der Waals surface area contributed by atoms with E-state index in [0.29, 0.717) is 39.1 Å². The highest BCUT2D eigenvalue weighted by atomic mass is 79.9. The number of phenols is 1. The molecule has 5 nitrogen and oxygen atoms in total. The minimum absolute atomic E-state index is 0.0358. The normalized spacial score (nSPS) is 15.3. The van der Waals surface area contributed by atoms with Gasteiger partial charge in [0.05, 0.1) is 6.04 Å². The van der Waals surface area contributed by atoms with Crippen molar-refractivity contribution in [2.45, 2.75) is 12.6 Å². The molecule has 0 spiro atoms. The van der Waals surface area contributed by atoms with Crippen LogP contribution in [-0.4, -0.2) is 26.1 Å². The van der Waals surface area contributed by atoms with Crippen molar-refractivity contribution in [1.82, 2.24) is 15.1 Å². The summed E-state index contributed by atoms with van der Waals surface area (Å²) in [6.45, 7) is 0.319. The van der Waals surface area contributed by atoms with Gasteiger partial charge in [-0.15, -0.1) is 0 Å². The van der Waals surface area contributed by atoms with E-state index in [2.05, 4.69) is 26.1 Å². The molecule has 2 N–H and O–H groups in total. The third-order valence-electron chi connectivity index (χ3n) is 5.54. The van der Waals surface area contributed by atoms with E-state index in [-0.39, 0.29) is 11.7 Å². The fourth-order valence-corrected chi connectivity index (χ4v) is 4.88. The van der Waals surface area contributed by atoms with Gasteiger partial charge >= 0.3 is 0 Å². The van der Waals surface area contributed by atoms with E-state index in [4.69, 9.17) is 23.2 Å². The number of aromatic hydroxyl groups is 1. The van der Waals surface area contributed by atoms with Crippen LogP contribution >= 0.6 is 39.1 Å². The number of carbonyl (C=O) groups excluding carboxylic acids is 1. The second-order valence-corrected chi connectivity index (χ2v) is 9.26. The van der Waals surface area contributed by atoms with Gasteiger partial charge in [-0.05, 0) is 47.5 Å². The first kappa shape index (κ1) is 21.1. The molecule has 0 fully saturated rings. The number of halogens is 3. The summed E-state index contributed by atoms with van der Waals surface area (Å²) in [7, 11) is 0. The van der Waals surface area contributed by atoms with Gasteiger partial charge in [0, 0.05) is 32.2 Å². The molecule has 0 bridgehead atoms. The summed E-state index contributed by atoms with van der Waals surface area (Å²) >= 11 is 16.1. The van der Waals surface area contributed by atoms with Gasteiger partial charge in [0.25, 0.3) is 5.91 Å². The smallest absolute Gasteiger partial charge is 0.273 e. The summed E-state index contributed by atoms with van der Waals surface area (Å²) in [5, 5.41) is 18.8. The highest BCUT2D eigenvalue weighted by Gasteiger charge is 2.42. The van der Waals surface area contributed by atoms with Crippen molar-refractivity contribution < 1.29 is 9.90 Å². The molecule has 0 saturated carbocycles. The predicted molar refractivity (Wildman–Crippen MR) is 128 cm³/mol. The Labute approximate surface area is 202 Å². The number of rotatable bonds is 4. The molecule has 160 valence electrons. The lowest BCUT2D eigenvalue weighted by atomic mass is 9.95. The second kappa shape index (κ2) is 8.28. The van der Waals surface area contributed by atoms with Crippen molar-refractivity contribution in [2.24, 2.45) is 0 Å². The van der Waals surface area contributed by atoms with Gasteiger partial charge in [0.2, 0.25) is 0 Å². The SMILES string of the molecule is O=C1c2[nH]nc(-c3cc(Cl)ccc3O)c2C(c2cccc(Br)c2)N1Cc1ccccc1Cl. The van der Waals surface area contributed by atoms with Gasteiger partial charge in [0.15, 0.2) is 0 Å². The number of hydrogen-bond acceptors (Lipinski definition) is 3. The Morgan fingerprint density at radius 2 is 1.88 bits per heavy atom. The summed E-state index contributed by atoms with van der Waals surface area (Å²) in [6.07, 6.45) is 0. The lowest BCUT2D eigenvalue weighted by Crippen LogP contribution is -2.29. The van der Waals surface area contributed by atoms with Crippen LogP contribution in [0, 0.1) is 0 Å². The first-order valence-corrected chi connectivity index (χ1v) is 11.4. The summed E-state index contributed by atoms with van der Waals surface area (Å²) in [6, 6.07) is 19.6. The number of amides is 1. The molecule has 1 amide bonds. The Kier molecular flexibility index (Phi) is 5.45. The van der Waals surface area contributed by atoms with E-state index >= 15 is 0 Å². The summed E-state index contributed by atoms with van der Waals surface area (Å²) in [5.74, 6) is -0.154. The molecular formula is C24H16BrCl2N3O2. The molecule has 2 heterocycles. The Morgan fingerprint density at radius 3 is 2.66 bits per heavy atom. The van der Waals surface area contributed by atoms with E-state index in [1.165, 1.54) is 6.07 Å². The molecule has 0 saturated heterocycles. The van der Waals surface area contributed by atoms with Gasteiger partial charge in [-0.3, -0.25) is 9.89 Å². The van der Waals surface area contributed by atoms with Crippen LogP contribution in [0.4, 0.5) is 0 Å². The monoisotopic (exact) mass is 527 g/mol. The van der Waals surface area contributed by atoms with E-state index in [9.17, 15) is 9.90 Å². The number of nitrogens with zero attached hydrogens (tertiary/aromatic N) is 2. The number of benzene rings is 3. The Morgan fingerprint density at radius 1 is 1.06 bits per heavy atom. The summed E-state index contributed by atoms with van der Waals surface area (Å²) in [5.41, 5.74) is 3.77. The van der Waals surface area contributed by atoms with E-state index in [1.807, 2.05) is 48.5 Å². The van der Waals surface area contributed by atoms with Gasteiger partial charge < -0.3 is 10.0 Å². The maximum Gasteiger partial charge on any atom is 0.273 e. The third kappa shape index (κ3) is 3.58. The van der Waals surface area contributed by atoms with E-state index < -0.39 is 6.04 Å². The highest BCUT2D eigenvalue weighted by molar-refractivity contribution is 9.10. The second-order valence-electron chi connectivity index (χ2n) is 7.50. The first-order chi connectivity index (χ1) is 15.4. The maximum atomic E-state index is 13.5. The number of phenolic OH excluding ortho intramolecular Hbond substituents is 1. The fourth-order valence-electron chi connectivity index (χ4n) is 4.10. The maximum absolute atomic E-state index is 13.5. The molecule has 0 aliphatic carbocycles. The zero-order valence-corrected chi connectivity index (χ0v) is 19.6. The Bertz CT molecular complexity index is 1350. The molecule has 8 heteroatoms. The zero-order chi connectivity index (χ0) is 22.4. The van der Waals surface area contributed by atoms with Crippen LogP contribution in [0.15, 0.2) is 71.2 Å². The number of aromatic amines is 1. The van der Waals surface area contributed by atoms with Crippen LogP contribution in [-0.2, 0) is 6.54 Å². The molecular weight excluding hydrogens is 513 g/mol. The highest BCUT2D eigenvalue weighted by Crippen LogP contribution is 2.46. The van der Waals surface area contributed by atoms with Crippen LogP contribution in [0.2, 0.25) is 10.0 Å². The van der Waals surface area contributed by atoms with Crippen molar-refractivity contribution in [3.63, 3.8) is 0 Å². The molecule has 5 rings (SSSR count). The van der Waals surface area contributed by atoms with Crippen LogP contribution < -0.4 is 0 Å². The van der Waals surface area contributed by atoms with E-state index in [0.717, 1.165) is 15.6 Å². The molecule has 1 aromatic heterocycles. The number of nitrogens with one attached hydrogen (secondary N) is 1. The fraction of sp³-hybridized carbons (Fsp3) is 0.0833. The third-order valence-corrected chi connectivity index (χ3v) is 6.64. The quantitative estimate of drug-likeness (QED) is 0.313. The van der Waals surface area contributed by atoms with Crippen LogP contribution in [0.1, 0.15) is 33.2 Å². The number of hydrogen-bond donors (Lipinski definition) is 2. The molecule has 1 atom stereocenters. The minimum atomic E-state index is -0.432. The molecule has 1 aliphatic heterocycles. The molecule has 32 heavy (non-hydrogen) atoms. The van der Waals surface area contributed by atoms with Gasteiger partial charge in [0.1, 0.15) is 17.1 Å². The molecule has 4 aromatic rings. The zero-order valence-electron chi connectivity index (χ0n) is 16.5. The number of H-pyrrole nitrogens is 1. The average molecular weight is 529 g/mol. The van der Waals surface area contributed by atoms with Crippen LogP contribution in [0.25, 0.3) is 11.3 Å². The van der Waals surface area contributed by atoms with Crippen molar-refractivity contribution in [3.05, 3.63) is 104 Å². The number of aromatic nitrogens is 2. The summed E-state index contributed by atoms with van der Waals surface area (Å²) in [4.78, 5) is 15.2. The number of carbonyl (C=O) groups is 1. The largest absolute Gasteiger partial charge is 0.507 e. The first-order valence-electron chi connectivity index (χ1n) is 9.81. The van der Waals surface area contributed by atoms with Crippen LogP contribution in [0.3, 0.4) is 0 Å². The van der Waals surface area contributed by atoms with Crippen molar-refractivity contribution in [3.8, 4) is 17.0 Å². The molecule has 1 aliphatic rings. The average Bonchev–Trinajstić information content (AvgIpc) is 3.31. The summed E-state index contributed by atoms with van der Waals surface area (Å²) < 4.78 is 0.893. The van der Waals surface area contributed by atoms with Crippen molar-refractivity contribution in [1.29, 1.82) is 0 Å². The number of fused-ring (bicyclic) bond motifs is 1. The lowest BCUT2D eigenvalue weighted by Gasteiger charge is -2.27. The lowest BCUT2D eigenvalue weighted by molar-refractivity contribution is 0.0730. The minimum Gasteiger partial charge on any atom is -0.507 e. The van der Waals surface area contributed by atoms with Crippen molar-refractivity contribution in [2.75, 3.05) is 0 Å².